The van der Waals surface area contributed by atoms with E-state index >= 15 is 0 Å². The minimum Gasteiger partial charge on any atom is -0.488 e. The molecule has 0 N–H and O–H groups in total. The molecule has 2 aromatic carbocycles. The maximum atomic E-state index is 6.09. The number of nitrogens with zero attached hydrogens (tertiary/aromatic N) is 2. The zero-order valence-corrected chi connectivity index (χ0v) is 23.8. The monoisotopic (exact) mass is 522 g/mol. The van der Waals surface area contributed by atoms with Crippen molar-refractivity contribution >= 4 is 11.1 Å². The molecule has 2 saturated heterocycles. The normalized spacial score (nSPS) is 19.7. The van der Waals surface area contributed by atoms with E-state index in [1.165, 1.54) is 22.3 Å². The second kappa shape index (κ2) is 13.4. The number of benzene rings is 2. The van der Waals surface area contributed by atoms with Crippen LogP contribution in [0.5, 0.6) is 11.5 Å². The molecule has 2 aromatic rings. The molecule has 4 rings (SSSR count). The minimum absolute atomic E-state index is 0.716. The van der Waals surface area contributed by atoms with Crippen LogP contribution in [0.15, 0.2) is 60.7 Å². The van der Waals surface area contributed by atoms with Crippen molar-refractivity contribution < 1.29 is 27.9 Å². The Bertz CT molecular complexity index is 976. The van der Waals surface area contributed by atoms with E-state index in [0.717, 1.165) is 86.2 Å². The highest BCUT2D eigenvalue weighted by Gasteiger charge is 2.26. The quantitative estimate of drug-likeness (QED) is 0.311. The molecule has 6 heteroatoms. The van der Waals surface area contributed by atoms with Crippen molar-refractivity contribution in [1.82, 2.24) is 0 Å². The van der Waals surface area contributed by atoms with Crippen molar-refractivity contribution in [3.05, 3.63) is 71.8 Å². The van der Waals surface area contributed by atoms with E-state index in [1.54, 1.807) is 0 Å². The number of allylic oxidation sites excluding steroid dienone is 4. The summed E-state index contributed by atoms with van der Waals surface area (Å²) in [6, 6.07) is 17.0. The number of hydrogen-bond donors (Lipinski definition) is 0. The topological polar surface area (TPSA) is 36.9 Å². The van der Waals surface area contributed by atoms with E-state index in [9.17, 15) is 0 Å². The van der Waals surface area contributed by atoms with Crippen molar-refractivity contribution in [1.29, 1.82) is 0 Å². The number of hydrogen-bond acceptors (Lipinski definition) is 4. The predicted octanol–water partition coefficient (Wildman–Crippen LogP) is 4.90. The summed E-state index contributed by atoms with van der Waals surface area (Å²) in [6.07, 6.45) is 4.37. The average molecular weight is 523 g/mol. The Morgan fingerprint density at radius 2 is 0.974 bits per heavy atom. The Labute approximate surface area is 229 Å². The van der Waals surface area contributed by atoms with Crippen LogP contribution in [0.25, 0.3) is 11.1 Å². The van der Waals surface area contributed by atoms with Crippen LogP contribution in [0.2, 0.25) is 0 Å². The van der Waals surface area contributed by atoms with Crippen molar-refractivity contribution in [2.75, 3.05) is 93.0 Å². The predicted molar refractivity (Wildman–Crippen MR) is 154 cm³/mol. The van der Waals surface area contributed by atoms with Crippen LogP contribution in [0.4, 0.5) is 0 Å². The molecule has 2 heterocycles. The van der Waals surface area contributed by atoms with Crippen LogP contribution in [-0.2, 0) is 9.47 Å². The van der Waals surface area contributed by atoms with Gasteiger partial charge in [0.15, 0.2) is 0 Å². The van der Waals surface area contributed by atoms with Crippen molar-refractivity contribution in [2.45, 2.75) is 13.8 Å². The Morgan fingerprint density at radius 3 is 1.29 bits per heavy atom. The molecule has 0 aromatic heterocycles. The summed E-state index contributed by atoms with van der Waals surface area (Å²) in [4.78, 5) is 0. The molecule has 0 aliphatic carbocycles. The van der Waals surface area contributed by atoms with E-state index in [0.29, 0.717) is 13.2 Å². The fourth-order valence-electron chi connectivity index (χ4n) is 5.20. The summed E-state index contributed by atoms with van der Waals surface area (Å²) in [5.74, 6) is 1.83. The highest BCUT2D eigenvalue weighted by atomic mass is 16.5. The number of ether oxygens (including phenoxy) is 4. The van der Waals surface area contributed by atoms with Gasteiger partial charge in [0.2, 0.25) is 0 Å². The molecular weight excluding hydrogens is 476 g/mol. The van der Waals surface area contributed by atoms with Crippen LogP contribution in [0.1, 0.15) is 25.0 Å². The van der Waals surface area contributed by atoms with Gasteiger partial charge in [-0.1, -0.05) is 36.4 Å². The molecule has 0 radical (unpaired) electrons. The summed E-state index contributed by atoms with van der Waals surface area (Å²) < 4.78 is 25.2. The third-order valence-corrected chi connectivity index (χ3v) is 8.10. The molecule has 6 nitrogen and oxygen atoms in total. The standard InChI is InChI=1S/C32H46N2O4/c1-5-31(27-7-11-29(12-8-27)37-25-19-33(3)15-21-35-22-16-33)32(6-2)28-9-13-30(14-10-28)38-26-20-34(4)17-23-36-24-18-34/h5-14H,15-26H2,1-4H3/q+2/b31-5+,32-6+. The maximum Gasteiger partial charge on any atom is 0.137 e. The first-order chi connectivity index (χ1) is 18.4. The Balaban J connectivity index is 1.32. The Hall–Kier alpha value is -2.64. The highest BCUT2D eigenvalue weighted by molar-refractivity contribution is 6.04. The van der Waals surface area contributed by atoms with Gasteiger partial charge in [-0.2, -0.15) is 0 Å². The average Bonchev–Trinajstić information content (AvgIpc) is 2.93. The number of likely N-dealkylation sites (N-methyl/N-ethyl adjacent to an activating group) is 2. The van der Waals surface area contributed by atoms with E-state index in [1.807, 2.05) is 0 Å². The Kier molecular flexibility index (Phi) is 10.0. The molecule has 0 amide bonds. The largest absolute Gasteiger partial charge is 0.488 e. The second-order valence-electron chi connectivity index (χ2n) is 11.0. The first-order valence-corrected chi connectivity index (χ1v) is 14.1. The summed E-state index contributed by atoms with van der Waals surface area (Å²) >= 11 is 0. The summed E-state index contributed by atoms with van der Waals surface area (Å²) in [6.45, 7) is 15.2. The second-order valence-corrected chi connectivity index (χ2v) is 11.0. The number of rotatable bonds is 11. The van der Waals surface area contributed by atoms with Gasteiger partial charge < -0.3 is 27.9 Å². The molecule has 0 spiro atoms. The Morgan fingerprint density at radius 1 is 0.632 bits per heavy atom. The first-order valence-electron chi connectivity index (χ1n) is 14.1. The first kappa shape index (κ1) is 28.4. The van der Waals surface area contributed by atoms with Gasteiger partial charge in [-0.15, -0.1) is 0 Å². The van der Waals surface area contributed by atoms with E-state index < -0.39 is 0 Å². The van der Waals surface area contributed by atoms with Crippen LogP contribution < -0.4 is 9.47 Å². The van der Waals surface area contributed by atoms with Crippen LogP contribution in [0, 0.1) is 0 Å². The molecule has 2 aliphatic heterocycles. The van der Waals surface area contributed by atoms with Crippen molar-refractivity contribution in [3.8, 4) is 11.5 Å². The highest BCUT2D eigenvalue weighted by Crippen LogP contribution is 2.33. The third-order valence-electron chi connectivity index (χ3n) is 8.10. The summed E-state index contributed by atoms with van der Waals surface area (Å²) in [7, 11) is 4.58. The van der Waals surface area contributed by atoms with Crippen LogP contribution in [-0.4, -0.2) is 102 Å². The van der Waals surface area contributed by atoms with Gasteiger partial charge in [-0.05, 0) is 60.4 Å². The molecule has 206 valence electrons. The van der Waals surface area contributed by atoms with Crippen LogP contribution >= 0.6 is 0 Å². The van der Waals surface area contributed by atoms with E-state index in [4.69, 9.17) is 18.9 Å². The molecule has 0 bridgehead atoms. The molecule has 2 fully saturated rings. The van der Waals surface area contributed by atoms with E-state index in [2.05, 4.69) is 88.6 Å². The molecule has 0 atom stereocenters. The van der Waals surface area contributed by atoms with Gasteiger partial charge in [-0.3, -0.25) is 0 Å². The fraction of sp³-hybridized carbons (Fsp3) is 0.500. The van der Waals surface area contributed by atoms with Gasteiger partial charge in [0, 0.05) is 0 Å². The lowest BCUT2D eigenvalue weighted by atomic mass is 9.92. The third kappa shape index (κ3) is 7.70. The van der Waals surface area contributed by atoms with Gasteiger partial charge in [0.25, 0.3) is 0 Å². The SMILES string of the molecule is C/C=C(/C(=C/C)c1ccc(OCC[N+]2(C)CCOCC2)cc1)c1ccc(OCC[N+]2(C)CCOCC2)cc1. The minimum atomic E-state index is 0.716. The molecule has 0 unspecified atom stereocenters. The lowest BCUT2D eigenvalue weighted by Crippen LogP contribution is -2.53. The molecular formula is C32H46N2O4+2. The number of quaternary nitrogens is 2. The summed E-state index contributed by atoms with van der Waals surface area (Å²) in [5.41, 5.74) is 4.79. The summed E-state index contributed by atoms with van der Waals surface area (Å²) in [5, 5.41) is 0. The van der Waals surface area contributed by atoms with Gasteiger partial charge in [0.1, 0.15) is 64.0 Å². The van der Waals surface area contributed by atoms with Crippen molar-refractivity contribution in [3.63, 3.8) is 0 Å². The van der Waals surface area contributed by atoms with Gasteiger partial charge in [-0.25, -0.2) is 0 Å². The smallest absolute Gasteiger partial charge is 0.137 e. The molecule has 0 saturated carbocycles. The van der Waals surface area contributed by atoms with Gasteiger partial charge in [0.05, 0.1) is 40.5 Å². The van der Waals surface area contributed by atoms with Gasteiger partial charge >= 0.3 is 0 Å². The molecule has 2 aliphatic rings. The van der Waals surface area contributed by atoms with Crippen molar-refractivity contribution in [2.24, 2.45) is 0 Å². The molecule has 38 heavy (non-hydrogen) atoms. The van der Waals surface area contributed by atoms with Crippen LogP contribution in [0.3, 0.4) is 0 Å². The lowest BCUT2D eigenvalue weighted by molar-refractivity contribution is -0.916. The fourth-order valence-corrected chi connectivity index (χ4v) is 5.20. The van der Waals surface area contributed by atoms with E-state index in [-0.39, 0.29) is 0 Å². The lowest BCUT2D eigenvalue weighted by Gasteiger charge is -2.37. The zero-order valence-electron chi connectivity index (χ0n) is 23.8. The number of morpholine rings is 2. The zero-order chi connectivity index (χ0) is 26.8. The maximum absolute atomic E-state index is 6.09.